The lowest BCUT2D eigenvalue weighted by molar-refractivity contribution is -0.136. The third-order valence-corrected chi connectivity index (χ3v) is 5.94. The minimum Gasteiger partial charge on any atom is -0.370 e. The highest BCUT2D eigenvalue weighted by Crippen LogP contribution is 2.36. The quantitative estimate of drug-likeness (QED) is 0.555. The number of amides is 2. The Morgan fingerprint density at radius 2 is 1.52 bits per heavy atom. The highest BCUT2D eigenvalue weighted by atomic mass is 19.4. The molecule has 1 aliphatic heterocycles. The van der Waals surface area contributed by atoms with Crippen LogP contribution in [0.2, 0.25) is 0 Å². The van der Waals surface area contributed by atoms with Crippen LogP contribution in [0.15, 0.2) is 41.2 Å². The molecule has 0 atom stereocenters. The molecule has 2 heterocycles. The number of anilines is 3. The Morgan fingerprint density at radius 3 is 2.12 bits per heavy atom. The fourth-order valence-electron chi connectivity index (χ4n) is 4.40. The third kappa shape index (κ3) is 4.29. The zero-order valence-electron chi connectivity index (χ0n) is 18.5. The van der Waals surface area contributed by atoms with Crippen LogP contribution in [0, 0.1) is 0 Å². The Hall–Kier alpha value is -3.43. The molecule has 2 amide bonds. The molecule has 3 aromatic rings. The van der Waals surface area contributed by atoms with E-state index in [0.717, 1.165) is 43.2 Å². The summed E-state index contributed by atoms with van der Waals surface area (Å²) in [5.41, 5.74) is 1.24. The number of carbonyl (C=O) groups excluding carboxylic acids is 1. The van der Waals surface area contributed by atoms with E-state index in [1.807, 2.05) is 19.9 Å². The van der Waals surface area contributed by atoms with Crippen LogP contribution in [0.3, 0.4) is 0 Å². The standard InChI is InChI=1S/C23H26F3N5O2/c1-3-30-19-13-17(28-21(32)27-16-10-6-5-9-15(16)23(24,25)26)18(29-11-7-8-12-29)14-20(19)31(4-2)22(30)33/h5-6,9-10,13-14H,3-4,7-8,11-12H2,1-2H3,(H2,27,28,32). The first-order chi connectivity index (χ1) is 15.7. The number of benzene rings is 2. The minimum absolute atomic E-state index is 0.136. The van der Waals surface area contributed by atoms with Gasteiger partial charge in [-0.1, -0.05) is 12.1 Å². The lowest BCUT2D eigenvalue weighted by Crippen LogP contribution is -2.25. The molecule has 10 heteroatoms. The maximum atomic E-state index is 13.3. The van der Waals surface area contributed by atoms with E-state index in [4.69, 9.17) is 0 Å². The number of para-hydroxylation sites is 1. The summed E-state index contributed by atoms with van der Waals surface area (Å²) in [4.78, 5) is 27.7. The van der Waals surface area contributed by atoms with Gasteiger partial charge in [-0.25, -0.2) is 9.59 Å². The van der Waals surface area contributed by atoms with E-state index in [1.165, 1.54) is 18.2 Å². The van der Waals surface area contributed by atoms with Crippen molar-refractivity contribution in [3.8, 4) is 0 Å². The Kier molecular flexibility index (Phi) is 6.09. The van der Waals surface area contributed by atoms with Crippen molar-refractivity contribution in [3.63, 3.8) is 0 Å². The van der Waals surface area contributed by atoms with E-state index in [9.17, 15) is 22.8 Å². The number of aryl methyl sites for hydroxylation is 2. The van der Waals surface area contributed by atoms with Gasteiger partial charge in [-0.3, -0.25) is 9.13 Å². The molecule has 4 rings (SSSR count). The number of urea groups is 1. The second-order valence-corrected chi connectivity index (χ2v) is 7.95. The van der Waals surface area contributed by atoms with Crippen molar-refractivity contribution in [1.82, 2.24) is 9.13 Å². The number of imidazole rings is 1. The first-order valence-electron chi connectivity index (χ1n) is 11.0. The van der Waals surface area contributed by atoms with E-state index in [0.29, 0.717) is 24.3 Å². The van der Waals surface area contributed by atoms with Crippen molar-refractivity contribution in [2.24, 2.45) is 0 Å². The molecule has 1 fully saturated rings. The summed E-state index contributed by atoms with van der Waals surface area (Å²) in [7, 11) is 0. The van der Waals surface area contributed by atoms with Gasteiger partial charge in [-0.05, 0) is 51.0 Å². The molecule has 1 aliphatic rings. The second-order valence-electron chi connectivity index (χ2n) is 7.95. The van der Waals surface area contributed by atoms with Crippen molar-refractivity contribution in [2.75, 3.05) is 28.6 Å². The van der Waals surface area contributed by atoms with E-state index in [-0.39, 0.29) is 11.4 Å². The Morgan fingerprint density at radius 1 is 0.939 bits per heavy atom. The van der Waals surface area contributed by atoms with Gasteiger partial charge in [0.15, 0.2) is 0 Å². The molecule has 7 nitrogen and oxygen atoms in total. The molecule has 176 valence electrons. The van der Waals surface area contributed by atoms with E-state index < -0.39 is 17.8 Å². The summed E-state index contributed by atoms with van der Waals surface area (Å²) in [6, 6.07) is 7.67. The number of halogens is 3. The van der Waals surface area contributed by atoms with Gasteiger partial charge in [0.1, 0.15) is 0 Å². The lowest BCUT2D eigenvalue weighted by atomic mass is 10.1. The number of nitrogens with zero attached hydrogens (tertiary/aromatic N) is 3. The zero-order valence-corrected chi connectivity index (χ0v) is 18.5. The summed E-state index contributed by atoms with van der Waals surface area (Å²) in [5.74, 6) is 0. The smallest absolute Gasteiger partial charge is 0.370 e. The van der Waals surface area contributed by atoms with E-state index in [1.54, 1.807) is 15.2 Å². The van der Waals surface area contributed by atoms with Crippen LogP contribution in [0.1, 0.15) is 32.3 Å². The number of fused-ring (bicyclic) bond motifs is 1. The largest absolute Gasteiger partial charge is 0.418 e. The van der Waals surface area contributed by atoms with Gasteiger partial charge in [-0.2, -0.15) is 13.2 Å². The topological polar surface area (TPSA) is 71.3 Å². The van der Waals surface area contributed by atoms with Crippen LogP contribution in [0.5, 0.6) is 0 Å². The third-order valence-electron chi connectivity index (χ3n) is 5.94. The fraction of sp³-hybridized carbons (Fsp3) is 0.391. The van der Waals surface area contributed by atoms with Crippen LogP contribution in [-0.4, -0.2) is 28.3 Å². The molecule has 0 aliphatic carbocycles. The van der Waals surface area contributed by atoms with Gasteiger partial charge >= 0.3 is 17.9 Å². The van der Waals surface area contributed by atoms with Gasteiger partial charge in [0.05, 0.1) is 33.7 Å². The minimum atomic E-state index is -4.59. The van der Waals surface area contributed by atoms with Crippen molar-refractivity contribution in [1.29, 1.82) is 0 Å². The monoisotopic (exact) mass is 461 g/mol. The lowest BCUT2D eigenvalue weighted by Gasteiger charge is -2.23. The molecule has 2 N–H and O–H groups in total. The molecule has 33 heavy (non-hydrogen) atoms. The van der Waals surface area contributed by atoms with E-state index >= 15 is 0 Å². The van der Waals surface area contributed by atoms with Gasteiger partial charge < -0.3 is 15.5 Å². The van der Waals surface area contributed by atoms with Gasteiger partial charge in [0, 0.05) is 26.2 Å². The summed E-state index contributed by atoms with van der Waals surface area (Å²) >= 11 is 0. The molecule has 1 saturated heterocycles. The van der Waals surface area contributed by atoms with Crippen molar-refractivity contribution in [3.05, 3.63) is 52.4 Å². The number of nitrogens with one attached hydrogen (secondary N) is 2. The Bertz CT molecular complexity index is 1240. The first-order valence-corrected chi connectivity index (χ1v) is 11.0. The van der Waals surface area contributed by atoms with Crippen molar-refractivity contribution >= 4 is 34.1 Å². The molecule has 2 aromatic carbocycles. The highest BCUT2D eigenvalue weighted by Gasteiger charge is 2.33. The zero-order chi connectivity index (χ0) is 23.8. The SMILES string of the molecule is CCn1c(=O)n(CC)c2cc(N3CCCC3)c(NC(=O)Nc3ccccc3C(F)(F)F)cc21. The molecule has 1 aromatic heterocycles. The number of hydrogen-bond acceptors (Lipinski definition) is 3. The number of hydrogen-bond donors (Lipinski definition) is 2. The predicted octanol–water partition coefficient (Wildman–Crippen LogP) is 5.11. The average Bonchev–Trinajstić information content (AvgIpc) is 3.38. The summed E-state index contributed by atoms with van der Waals surface area (Å²) in [6.07, 6.45) is -2.60. The summed E-state index contributed by atoms with van der Waals surface area (Å²) < 4.78 is 43.2. The van der Waals surface area contributed by atoms with Crippen molar-refractivity contribution in [2.45, 2.75) is 46.0 Å². The number of carbonyl (C=O) groups is 1. The normalized spacial score (nSPS) is 14.2. The molecule has 0 bridgehead atoms. The molecular weight excluding hydrogens is 435 g/mol. The number of rotatable bonds is 5. The predicted molar refractivity (Wildman–Crippen MR) is 123 cm³/mol. The van der Waals surface area contributed by atoms with Gasteiger partial charge in [0.25, 0.3) is 0 Å². The molecule has 0 unspecified atom stereocenters. The second kappa shape index (κ2) is 8.84. The van der Waals surface area contributed by atoms with Crippen LogP contribution < -0.4 is 21.2 Å². The van der Waals surface area contributed by atoms with Crippen LogP contribution in [0.4, 0.5) is 35.0 Å². The molecule has 0 spiro atoms. The maximum Gasteiger partial charge on any atom is 0.418 e. The fourth-order valence-corrected chi connectivity index (χ4v) is 4.40. The summed E-state index contributed by atoms with van der Waals surface area (Å²) in [6.45, 7) is 6.31. The number of aromatic nitrogens is 2. The Labute approximate surface area is 188 Å². The van der Waals surface area contributed by atoms with Gasteiger partial charge in [0.2, 0.25) is 0 Å². The highest BCUT2D eigenvalue weighted by molar-refractivity contribution is 6.04. The summed E-state index contributed by atoms with van der Waals surface area (Å²) in [5, 5.41) is 5.05. The van der Waals surface area contributed by atoms with Gasteiger partial charge in [-0.15, -0.1) is 0 Å². The van der Waals surface area contributed by atoms with Crippen LogP contribution >= 0.6 is 0 Å². The maximum absolute atomic E-state index is 13.3. The van der Waals surface area contributed by atoms with Crippen LogP contribution in [0.25, 0.3) is 11.0 Å². The average molecular weight is 461 g/mol. The van der Waals surface area contributed by atoms with E-state index in [2.05, 4.69) is 15.5 Å². The Balaban J connectivity index is 1.74. The molecular formula is C23H26F3N5O2. The van der Waals surface area contributed by atoms with Crippen molar-refractivity contribution < 1.29 is 18.0 Å². The number of alkyl halides is 3. The van der Waals surface area contributed by atoms with Crippen LogP contribution in [-0.2, 0) is 19.3 Å². The molecule has 0 saturated carbocycles. The molecule has 0 radical (unpaired) electrons. The first kappa shape index (κ1) is 22.8.